The predicted octanol–water partition coefficient (Wildman–Crippen LogP) is 5.56. The maximum atomic E-state index is 12.2. The molecule has 3 nitrogen and oxygen atoms in total. The van der Waals surface area contributed by atoms with Crippen molar-refractivity contribution in [3.63, 3.8) is 0 Å². The van der Waals surface area contributed by atoms with Crippen LogP contribution in [0.15, 0.2) is 53.5 Å². The van der Waals surface area contributed by atoms with E-state index in [0.29, 0.717) is 5.92 Å². The summed E-state index contributed by atoms with van der Waals surface area (Å²) in [5, 5.41) is 0. The highest BCUT2D eigenvalue weighted by Gasteiger charge is 2.22. The molecule has 3 aliphatic rings. The summed E-state index contributed by atoms with van der Waals surface area (Å²) in [6.45, 7) is 8.71. The summed E-state index contributed by atoms with van der Waals surface area (Å²) in [7, 11) is 3.00. The Morgan fingerprint density at radius 3 is 2.11 bits per heavy atom. The number of hydrogen-bond acceptors (Lipinski definition) is 3. The van der Waals surface area contributed by atoms with E-state index in [1.165, 1.54) is 42.0 Å². The van der Waals surface area contributed by atoms with Crippen LogP contribution in [0.5, 0.6) is 0 Å². The van der Waals surface area contributed by atoms with E-state index in [2.05, 4.69) is 58.0 Å². The van der Waals surface area contributed by atoms with Crippen molar-refractivity contribution in [2.75, 3.05) is 14.2 Å². The van der Waals surface area contributed by atoms with Crippen LogP contribution in [0.3, 0.4) is 0 Å². The van der Waals surface area contributed by atoms with Crippen LogP contribution in [0, 0.1) is 13.8 Å². The minimum atomic E-state index is -0.232. The standard InChI is InChI=1S/C24H26O3/c1-14(2)18-8-7-15(3)23-19(9-16(4)20(23)13-18)10-17-11-21(26-5)24(25)22(12-17)27-6/h7-14H,1-6H3. The number of Topliss-reactive ketones (excluding diaryl/α,β-unsaturated/α-hetero) is 1. The van der Waals surface area contributed by atoms with Gasteiger partial charge in [0.15, 0.2) is 11.5 Å². The summed E-state index contributed by atoms with van der Waals surface area (Å²) < 4.78 is 10.5. The van der Waals surface area contributed by atoms with E-state index in [9.17, 15) is 4.79 Å². The van der Waals surface area contributed by atoms with Crippen LogP contribution in [0.1, 0.15) is 42.0 Å². The molecular formula is C24H26O3. The van der Waals surface area contributed by atoms with Crippen molar-refractivity contribution in [1.82, 2.24) is 0 Å². The Hall–Kier alpha value is -2.81. The number of allylic oxidation sites excluding steroid dienone is 3. The summed E-state index contributed by atoms with van der Waals surface area (Å²) in [4.78, 5) is 12.2. The lowest BCUT2D eigenvalue weighted by atomic mass is 9.98. The first kappa shape index (κ1) is 19.0. The summed E-state index contributed by atoms with van der Waals surface area (Å²) >= 11 is 0. The highest BCUT2D eigenvalue weighted by Crippen LogP contribution is 2.37. The molecule has 0 saturated heterocycles. The molecule has 0 saturated carbocycles. The van der Waals surface area contributed by atoms with Gasteiger partial charge in [0.05, 0.1) is 14.2 Å². The average molecular weight is 362 g/mol. The van der Waals surface area contributed by atoms with Crippen LogP contribution >= 0.6 is 0 Å². The first-order valence-corrected chi connectivity index (χ1v) is 9.17. The van der Waals surface area contributed by atoms with Crippen LogP contribution in [-0.4, -0.2) is 20.0 Å². The number of ketones is 1. The third-order valence-corrected chi connectivity index (χ3v) is 5.06. The quantitative estimate of drug-likeness (QED) is 0.714. The van der Waals surface area contributed by atoms with E-state index < -0.39 is 0 Å². The van der Waals surface area contributed by atoms with E-state index in [-0.39, 0.29) is 17.3 Å². The van der Waals surface area contributed by atoms with Crippen molar-refractivity contribution < 1.29 is 14.3 Å². The fourth-order valence-corrected chi connectivity index (χ4v) is 3.52. The number of ether oxygens (including phenoxy) is 2. The van der Waals surface area contributed by atoms with Gasteiger partial charge in [0.25, 0.3) is 5.78 Å². The molecule has 0 amide bonds. The van der Waals surface area contributed by atoms with Crippen molar-refractivity contribution in [1.29, 1.82) is 0 Å². The molecule has 0 N–H and O–H groups in total. The minimum Gasteiger partial charge on any atom is -0.492 e. The Kier molecular flexibility index (Phi) is 5.22. The molecule has 0 aromatic heterocycles. The van der Waals surface area contributed by atoms with Gasteiger partial charge in [-0.25, -0.2) is 0 Å². The van der Waals surface area contributed by atoms with Gasteiger partial charge in [-0.2, -0.15) is 0 Å². The average Bonchev–Trinajstić information content (AvgIpc) is 2.82. The first-order valence-electron chi connectivity index (χ1n) is 9.17. The van der Waals surface area contributed by atoms with Crippen LogP contribution in [0.2, 0.25) is 0 Å². The first-order chi connectivity index (χ1) is 12.8. The second-order valence-corrected chi connectivity index (χ2v) is 7.29. The van der Waals surface area contributed by atoms with Crippen molar-refractivity contribution in [2.24, 2.45) is 0 Å². The SMILES string of the molecule is COC1=CC(=Cc2cc(C)c3cc(C(C)C)ccc(C)c2-3)C=C(OC)C1=O. The summed E-state index contributed by atoms with van der Waals surface area (Å²) in [5.74, 6) is 0.819. The Morgan fingerprint density at radius 2 is 1.56 bits per heavy atom. The fraction of sp³-hybridized carbons (Fsp3) is 0.292. The van der Waals surface area contributed by atoms with Crippen molar-refractivity contribution in [3.8, 4) is 11.1 Å². The second-order valence-electron chi connectivity index (χ2n) is 7.29. The molecule has 27 heavy (non-hydrogen) atoms. The number of carbonyl (C=O) groups is 1. The van der Waals surface area contributed by atoms with Crippen LogP contribution in [-0.2, 0) is 14.3 Å². The van der Waals surface area contributed by atoms with Crippen LogP contribution in [0.25, 0.3) is 17.2 Å². The normalized spacial score (nSPS) is 14.3. The zero-order valence-electron chi connectivity index (χ0n) is 16.8. The molecule has 3 rings (SSSR count). The van der Waals surface area contributed by atoms with E-state index in [4.69, 9.17) is 9.47 Å². The lowest BCUT2D eigenvalue weighted by Crippen LogP contribution is -2.13. The topological polar surface area (TPSA) is 35.5 Å². The third kappa shape index (κ3) is 3.55. The van der Waals surface area contributed by atoms with Crippen molar-refractivity contribution in [2.45, 2.75) is 33.6 Å². The second kappa shape index (κ2) is 7.43. The van der Waals surface area contributed by atoms with Crippen LogP contribution in [0.4, 0.5) is 0 Å². The molecule has 0 atom stereocenters. The number of carbonyl (C=O) groups excluding carboxylic acids is 1. The zero-order chi connectivity index (χ0) is 19.7. The smallest absolute Gasteiger partial charge is 0.261 e. The third-order valence-electron chi connectivity index (χ3n) is 5.06. The molecular weight excluding hydrogens is 336 g/mol. The lowest BCUT2D eigenvalue weighted by molar-refractivity contribution is -0.117. The lowest BCUT2D eigenvalue weighted by Gasteiger charge is -2.13. The molecule has 0 heterocycles. The van der Waals surface area contributed by atoms with Crippen molar-refractivity contribution in [3.05, 3.63) is 75.8 Å². The van der Waals surface area contributed by atoms with Gasteiger partial charge >= 0.3 is 0 Å². The summed E-state index contributed by atoms with van der Waals surface area (Å²) in [6, 6.07) is 8.89. The van der Waals surface area contributed by atoms with Crippen LogP contribution < -0.4 is 0 Å². The van der Waals surface area contributed by atoms with E-state index >= 15 is 0 Å². The molecule has 0 bridgehead atoms. The predicted molar refractivity (Wildman–Crippen MR) is 110 cm³/mol. The molecule has 3 heteroatoms. The maximum absolute atomic E-state index is 12.2. The largest absolute Gasteiger partial charge is 0.492 e. The van der Waals surface area contributed by atoms with Gasteiger partial charge in [0, 0.05) is 0 Å². The molecule has 3 aliphatic carbocycles. The molecule has 0 unspecified atom stereocenters. The number of methoxy groups -OCH3 is 2. The van der Waals surface area contributed by atoms with Gasteiger partial charge in [-0.3, -0.25) is 4.79 Å². The zero-order valence-corrected chi connectivity index (χ0v) is 16.8. The van der Waals surface area contributed by atoms with Gasteiger partial charge in [0.2, 0.25) is 0 Å². The van der Waals surface area contributed by atoms with Crippen molar-refractivity contribution >= 4 is 11.9 Å². The van der Waals surface area contributed by atoms with E-state index in [0.717, 1.165) is 11.1 Å². The van der Waals surface area contributed by atoms with Gasteiger partial charge < -0.3 is 9.47 Å². The molecule has 140 valence electrons. The molecule has 0 fully saturated rings. The summed E-state index contributed by atoms with van der Waals surface area (Å²) in [6.07, 6.45) is 5.61. The molecule has 0 spiro atoms. The summed E-state index contributed by atoms with van der Waals surface area (Å²) in [5.41, 5.74) is 8.33. The van der Waals surface area contributed by atoms with Gasteiger partial charge in [-0.05, 0) is 76.9 Å². The monoisotopic (exact) mass is 362 g/mol. The highest BCUT2D eigenvalue weighted by molar-refractivity contribution is 6.08. The Balaban J connectivity index is 2.17. The molecule has 0 aromatic rings. The highest BCUT2D eigenvalue weighted by atomic mass is 16.5. The molecule has 0 aliphatic heterocycles. The number of rotatable bonds is 4. The van der Waals surface area contributed by atoms with Gasteiger partial charge in [-0.1, -0.05) is 38.1 Å². The Bertz CT molecular complexity index is 932. The Labute approximate surface area is 161 Å². The van der Waals surface area contributed by atoms with Gasteiger partial charge in [0.1, 0.15) is 0 Å². The number of aryl methyl sites for hydroxylation is 2. The molecule has 0 radical (unpaired) electrons. The van der Waals surface area contributed by atoms with Gasteiger partial charge in [-0.15, -0.1) is 0 Å². The fourth-order valence-electron chi connectivity index (χ4n) is 3.52. The van der Waals surface area contributed by atoms with E-state index in [1.54, 1.807) is 12.2 Å². The Morgan fingerprint density at radius 1 is 0.926 bits per heavy atom. The number of hydrogen-bond donors (Lipinski definition) is 0. The number of fused-ring (bicyclic) bond motifs is 1. The molecule has 0 aromatic carbocycles. The maximum Gasteiger partial charge on any atom is 0.261 e. The minimum absolute atomic E-state index is 0.232. The van der Waals surface area contributed by atoms with E-state index in [1.807, 2.05) is 0 Å².